The molecule has 1 unspecified atom stereocenters. The third-order valence-corrected chi connectivity index (χ3v) is 3.56. The molecule has 0 aliphatic carbocycles. The summed E-state index contributed by atoms with van der Waals surface area (Å²) in [4.78, 5) is 14.1. The highest BCUT2D eigenvalue weighted by molar-refractivity contribution is 5.78. The Kier molecular flexibility index (Phi) is 5.81. The standard InChI is InChI=1S/C13H26N2O/c1-4-5-11(2)13(16)15-8-6-12(7-9-15)10-14-3/h11-12,14H,4-10H2,1-3H3. The molecular weight excluding hydrogens is 200 g/mol. The number of carbonyl (C=O) groups is 1. The molecule has 0 saturated carbocycles. The summed E-state index contributed by atoms with van der Waals surface area (Å²) in [5.74, 6) is 1.34. The van der Waals surface area contributed by atoms with Crippen LogP contribution in [0.3, 0.4) is 0 Å². The number of hydrogen-bond donors (Lipinski definition) is 1. The fourth-order valence-corrected chi connectivity index (χ4v) is 2.51. The van der Waals surface area contributed by atoms with Crippen molar-refractivity contribution in [1.29, 1.82) is 0 Å². The van der Waals surface area contributed by atoms with Gasteiger partial charge in [0, 0.05) is 19.0 Å². The molecule has 1 fully saturated rings. The van der Waals surface area contributed by atoms with Gasteiger partial charge in [0.1, 0.15) is 0 Å². The molecule has 0 spiro atoms. The lowest BCUT2D eigenvalue weighted by atomic mass is 9.95. The number of piperidine rings is 1. The zero-order valence-corrected chi connectivity index (χ0v) is 11.0. The van der Waals surface area contributed by atoms with E-state index in [1.807, 2.05) is 7.05 Å². The lowest BCUT2D eigenvalue weighted by molar-refractivity contribution is -0.136. The molecule has 0 aromatic heterocycles. The SMILES string of the molecule is CCCC(C)C(=O)N1CCC(CNC)CC1. The van der Waals surface area contributed by atoms with E-state index < -0.39 is 0 Å². The van der Waals surface area contributed by atoms with Gasteiger partial charge in [0.2, 0.25) is 5.91 Å². The van der Waals surface area contributed by atoms with Crippen LogP contribution in [0, 0.1) is 11.8 Å². The van der Waals surface area contributed by atoms with Crippen LogP contribution in [0.25, 0.3) is 0 Å². The Morgan fingerprint density at radius 3 is 2.56 bits per heavy atom. The summed E-state index contributed by atoms with van der Waals surface area (Å²) in [6.45, 7) is 7.21. The maximum absolute atomic E-state index is 12.1. The van der Waals surface area contributed by atoms with Gasteiger partial charge in [-0.25, -0.2) is 0 Å². The summed E-state index contributed by atoms with van der Waals surface area (Å²) in [7, 11) is 2.00. The van der Waals surface area contributed by atoms with E-state index in [1.54, 1.807) is 0 Å². The molecule has 0 bridgehead atoms. The predicted molar refractivity (Wildman–Crippen MR) is 67.3 cm³/mol. The minimum Gasteiger partial charge on any atom is -0.342 e. The van der Waals surface area contributed by atoms with Crippen LogP contribution in [-0.4, -0.2) is 37.5 Å². The van der Waals surface area contributed by atoms with Gasteiger partial charge in [-0.05, 0) is 38.8 Å². The number of nitrogens with zero attached hydrogens (tertiary/aromatic N) is 1. The van der Waals surface area contributed by atoms with Gasteiger partial charge in [-0.15, -0.1) is 0 Å². The average molecular weight is 226 g/mol. The number of likely N-dealkylation sites (tertiary alicyclic amines) is 1. The molecule has 1 aliphatic heterocycles. The summed E-state index contributed by atoms with van der Waals surface area (Å²) >= 11 is 0. The molecule has 3 heteroatoms. The average Bonchev–Trinajstić information content (AvgIpc) is 2.30. The Morgan fingerprint density at radius 2 is 2.06 bits per heavy atom. The lowest BCUT2D eigenvalue weighted by Gasteiger charge is -2.33. The third-order valence-electron chi connectivity index (χ3n) is 3.56. The van der Waals surface area contributed by atoms with Crippen molar-refractivity contribution < 1.29 is 4.79 Å². The topological polar surface area (TPSA) is 32.3 Å². The monoisotopic (exact) mass is 226 g/mol. The molecule has 1 saturated heterocycles. The minimum absolute atomic E-state index is 0.214. The van der Waals surface area contributed by atoms with Gasteiger partial charge < -0.3 is 10.2 Å². The van der Waals surface area contributed by atoms with Crippen molar-refractivity contribution in [1.82, 2.24) is 10.2 Å². The maximum atomic E-state index is 12.1. The molecule has 1 rings (SSSR count). The summed E-state index contributed by atoms with van der Waals surface area (Å²) in [6, 6.07) is 0. The molecule has 3 nitrogen and oxygen atoms in total. The first kappa shape index (κ1) is 13.5. The van der Waals surface area contributed by atoms with Crippen LogP contribution in [0.5, 0.6) is 0 Å². The molecule has 1 N–H and O–H groups in total. The van der Waals surface area contributed by atoms with Crippen LogP contribution in [0.2, 0.25) is 0 Å². The van der Waals surface area contributed by atoms with E-state index in [-0.39, 0.29) is 5.92 Å². The van der Waals surface area contributed by atoms with E-state index in [2.05, 4.69) is 24.1 Å². The summed E-state index contributed by atoms with van der Waals surface area (Å²) in [5.41, 5.74) is 0. The lowest BCUT2D eigenvalue weighted by Crippen LogP contribution is -2.42. The Morgan fingerprint density at radius 1 is 1.44 bits per heavy atom. The number of hydrogen-bond acceptors (Lipinski definition) is 2. The van der Waals surface area contributed by atoms with E-state index in [9.17, 15) is 4.79 Å². The van der Waals surface area contributed by atoms with Gasteiger partial charge in [-0.2, -0.15) is 0 Å². The number of amides is 1. The highest BCUT2D eigenvalue weighted by Gasteiger charge is 2.24. The molecule has 1 aliphatic rings. The quantitative estimate of drug-likeness (QED) is 0.776. The molecule has 0 radical (unpaired) electrons. The highest BCUT2D eigenvalue weighted by atomic mass is 16.2. The largest absolute Gasteiger partial charge is 0.342 e. The van der Waals surface area contributed by atoms with Crippen LogP contribution < -0.4 is 5.32 Å². The molecule has 0 aromatic rings. The van der Waals surface area contributed by atoms with Crippen molar-refractivity contribution >= 4 is 5.91 Å². The second-order valence-corrected chi connectivity index (χ2v) is 5.02. The van der Waals surface area contributed by atoms with Crippen LogP contribution >= 0.6 is 0 Å². The Hall–Kier alpha value is -0.570. The van der Waals surface area contributed by atoms with Crippen LogP contribution in [0.4, 0.5) is 0 Å². The van der Waals surface area contributed by atoms with E-state index in [0.29, 0.717) is 5.91 Å². The first-order chi connectivity index (χ1) is 7.69. The van der Waals surface area contributed by atoms with Crippen LogP contribution in [-0.2, 0) is 4.79 Å². The Labute approximate surface area is 99.6 Å². The van der Waals surface area contributed by atoms with Gasteiger partial charge in [0.15, 0.2) is 0 Å². The van der Waals surface area contributed by atoms with E-state index >= 15 is 0 Å². The number of carbonyl (C=O) groups excluding carboxylic acids is 1. The van der Waals surface area contributed by atoms with Crippen LogP contribution in [0.1, 0.15) is 39.5 Å². The van der Waals surface area contributed by atoms with Crippen molar-refractivity contribution in [2.24, 2.45) is 11.8 Å². The van der Waals surface area contributed by atoms with Crippen molar-refractivity contribution in [3.63, 3.8) is 0 Å². The third kappa shape index (κ3) is 3.78. The zero-order valence-electron chi connectivity index (χ0n) is 11.0. The smallest absolute Gasteiger partial charge is 0.225 e. The molecule has 1 heterocycles. The van der Waals surface area contributed by atoms with Crippen LogP contribution in [0.15, 0.2) is 0 Å². The fraction of sp³-hybridized carbons (Fsp3) is 0.923. The first-order valence-corrected chi connectivity index (χ1v) is 6.62. The first-order valence-electron chi connectivity index (χ1n) is 6.62. The normalized spacial score (nSPS) is 19.8. The molecular formula is C13H26N2O. The molecule has 0 aromatic carbocycles. The predicted octanol–water partition coefficient (Wildman–Crippen LogP) is 1.88. The van der Waals surface area contributed by atoms with E-state index in [0.717, 1.165) is 51.2 Å². The van der Waals surface area contributed by atoms with E-state index in [4.69, 9.17) is 0 Å². The molecule has 1 amide bonds. The second-order valence-electron chi connectivity index (χ2n) is 5.02. The summed E-state index contributed by atoms with van der Waals surface area (Å²) in [5, 5.41) is 3.22. The molecule has 94 valence electrons. The Bertz CT molecular complexity index is 210. The van der Waals surface area contributed by atoms with Crippen molar-refractivity contribution in [2.75, 3.05) is 26.7 Å². The fourth-order valence-electron chi connectivity index (χ4n) is 2.51. The van der Waals surface area contributed by atoms with Gasteiger partial charge >= 0.3 is 0 Å². The zero-order chi connectivity index (χ0) is 12.0. The maximum Gasteiger partial charge on any atom is 0.225 e. The highest BCUT2D eigenvalue weighted by Crippen LogP contribution is 2.19. The van der Waals surface area contributed by atoms with E-state index in [1.165, 1.54) is 0 Å². The van der Waals surface area contributed by atoms with Gasteiger partial charge in [0.05, 0.1) is 0 Å². The van der Waals surface area contributed by atoms with Crippen molar-refractivity contribution in [3.05, 3.63) is 0 Å². The number of rotatable bonds is 5. The molecule has 1 atom stereocenters. The second kappa shape index (κ2) is 6.89. The Balaban J connectivity index is 2.32. The number of nitrogens with one attached hydrogen (secondary N) is 1. The summed E-state index contributed by atoms with van der Waals surface area (Å²) in [6.07, 6.45) is 4.44. The summed E-state index contributed by atoms with van der Waals surface area (Å²) < 4.78 is 0. The van der Waals surface area contributed by atoms with Gasteiger partial charge in [-0.1, -0.05) is 20.3 Å². The minimum atomic E-state index is 0.214. The van der Waals surface area contributed by atoms with Crippen molar-refractivity contribution in [2.45, 2.75) is 39.5 Å². The van der Waals surface area contributed by atoms with Crippen molar-refractivity contribution in [3.8, 4) is 0 Å². The molecule has 16 heavy (non-hydrogen) atoms. The van der Waals surface area contributed by atoms with Gasteiger partial charge in [0.25, 0.3) is 0 Å². The van der Waals surface area contributed by atoms with Gasteiger partial charge in [-0.3, -0.25) is 4.79 Å².